The van der Waals surface area contributed by atoms with Gasteiger partial charge >= 0.3 is 0 Å². The van der Waals surface area contributed by atoms with Gasteiger partial charge in [0.05, 0.1) is 30.9 Å². The highest BCUT2D eigenvalue weighted by atomic mass is 32.1. The number of rotatable bonds is 4. The van der Waals surface area contributed by atoms with Gasteiger partial charge in [-0.3, -0.25) is 9.69 Å². The van der Waals surface area contributed by atoms with E-state index in [2.05, 4.69) is 5.32 Å². The molecule has 1 aliphatic heterocycles. The van der Waals surface area contributed by atoms with Crippen LogP contribution >= 0.6 is 12.2 Å². The molecule has 0 bridgehead atoms. The van der Waals surface area contributed by atoms with Gasteiger partial charge in [0.25, 0.3) is 0 Å². The van der Waals surface area contributed by atoms with Gasteiger partial charge in [0.1, 0.15) is 5.75 Å². The fourth-order valence-corrected chi connectivity index (χ4v) is 3.87. The molecule has 1 N–H and O–H groups in total. The fourth-order valence-electron chi connectivity index (χ4n) is 3.53. The Morgan fingerprint density at radius 3 is 2.29 bits per heavy atom. The quantitative estimate of drug-likeness (QED) is 0.835. The van der Waals surface area contributed by atoms with Gasteiger partial charge in [0.15, 0.2) is 5.11 Å². The molecule has 2 fully saturated rings. The van der Waals surface area contributed by atoms with E-state index in [1.54, 1.807) is 26.2 Å². The van der Waals surface area contributed by atoms with Crippen molar-refractivity contribution >= 4 is 28.9 Å². The van der Waals surface area contributed by atoms with E-state index in [1.165, 1.54) is 0 Å². The predicted octanol–water partition coefficient (Wildman–Crippen LogP) is 1.72. The minimum atomic E-state index is -0.185. The Morgan fingerprint density at radius 1 is 1.08 bits per heavy atom. The summed E-state index contributed by atoms with van der Waals surface area (Å²) in [6.07, 6.45) is 1.18. The van der Waals surface area contributed by atoms with Gasteiger partial charge in [0.2, 0.25) is 5.91 Å². The Hall–Kier alpha value is -1.70. The van der Waals surface area contributed by atoms with Crippen molar-refractivity contribution in [3.63, 3.8) is 0 Å². The summed E-state index contributed by atoms with van der Waals surface area (Å²) in [5.41, 5.74) is 0.736. The number of carbonyl (C=O) groups excluding carboxylic acids is 1. The standard InChI is InChI=1S/C17H22N2O4S/c1-21-11-6-4-10(5-7-11)19-16(20)12-8-14(22-2)15(23-3)9-13(12)18-17(19)24/h4-7,12-15H,8-9H2,1-3H3,(H,18,24). The van der Waals surface area contributed by atoms with Crippen LogP contribution in [-0.4, -0.2) is 50.6 Å². The van der Waals surface area contributed by atoms with Crippen molar-refractivity contribution in [2.75, 3.05) is 26.2 Å². The fraction of sp³-hybridized carbons (Fsp3) is 0.529. The number of ether oxygens (including phenoxy) is 3. The monoisotopic (exact) mass is 350 g/mol. The molecule has 4 unspecified atom stereocenters. The maximum absolute atomic E-state index is 13.1. The summed E-state index contributed by atoms with van der Waals surface area (Å²) >= 11 is 5.44. The number of hydrogen-bond acceptors (Lipinski definition) is 5. The second-order valence-corrected chi connectivity index (χ2v) is 6.44. The first kappa shape index (κ1) is 17.1. The number of fused-ring (bicyclic) bond motifs is 1. The predicted molar refractivity (Wildman–Crippen MR) is 94.3 cm³/mol. The lowest BCUT2D eigenvalue weighted by Gasteiger charge is -2.45. The molecule has 0 spiro atoms. The van der Waals surface area contributed by atoms with Crippen LogP contribution in [0.25, 0.3) is 0 Å². The summed E-state index contributed by atoms with van der Waals surface area (Å²) in [7, 11) is 4.93. The summed E-state index contributed by atoms with van der Waals surface area (Å²) < 4.78 is 16.2. The topological polar surface area (TPSA) is 60.0 Å². The van der Waals surface area contributed by atoms with Crippen LogP contribution in [0.3, 0.4) is 0 Å². The minimum absolute atomic E-state index is 0.00511. The molecular weight excluding hydrogens is 328 g/mol. The van der Waals surface area contributed by atoms with E-state index in [0.29, 0.717) is 18.0 Å². The van der Waals surface area contributed by atoms with Crippen LogP contribution in [0.5, 0.6) is 5.75 Å². The molecule has 2 aliphatic rings. The number of carbonyl (C=O) groups is 1. The maximum atomic E-state index is 13.1. The number of methoxy groups -OCH3 is 3. The van der Waals surface area contributed by atoms with Crippen molar-refractivity contribution in [2.24, 2.45) is 5.92 Å². The van der Waals surface area contributed by atoms with Crippen LogP contribution < -0.4 is 15.0 Å². The third kappa shape index (κ3) is 2.99. The molecule has 1 saturated heterocycles. The average molecular weight is 350 g/mol. The van der Waals surface area contributed by atoms with E-state index >= 15 is 0 Å². The van der Waals surface area contributed by atoms with Gasteiger partial charge in [-0.1, -0.05) is 0 Å². The van der Waals surface area contributed by atoms with Crippen molar-refractivity contribution in [1.82, 2.24) is 5.32 Å². The molecule has 130 valence electrons. The van der Waals surface area contributed by atoms with Crippen molar-refractivity contribution in [2.45, 2.75) is 31.1 Å². The smallest absolute Gasteiger partial charge is 0.238 e. The molecule has 1 aliphatic carbocycles. The largest absolute Gasteiger partial charge is 0.497 e. The zero-order chi connectivity index (χ0) is 17.3. The van der Waals surface area contributed by atoms with Crippen LogP contribution in [0.4, 0.5) is 5.69 Å². The first-order chi connectivity index (χ1) is 11.6. The molecule has 0 aromatic heterocycles. The highest BCUT2D eigenvalue weighted by Gasteiger charge is 2.47. The first-order valence-corrected chi connectivity index (χ1v) is 8.34. The lowest BCUT2D eigenvalue weighted by Crippen LogP contribution is -2.64. The molecule has 24 heavy (non-hydrogen) atoms. The molecule has 1 heterocycles. The Kier molecular flexibility index (Phi) is 5.03. The van der Waals surface area contributed by atoms with Crippen molar-refractivity contribution < 1.29 is 19.0 Å². The van der Waals surface area contributed by atoms with Gasteiger partial charge in [-0.25, -0.2) is 0 Å². The number of thiocarbonyl (C=S) groups is 1. The number of nitrogens with one attached hydrogen (secondary N) is 1. The van der Waals surface area contributed by atoms with Crippen molar-refractivity contribution in [3.05, 3.63) is 24.3 Å². The van der Waals surface area contributed by atoms with Gasteiger partial charge < -0.3 is 19.5 Å². The van der Waals surface area contributed by atoms with Crippen LogP contribution in [0.2, 0.25) is 0 Å². The van der Waals surface area contributed by atoms with Crippen LogP contribution in [0, 0.1) is 5.92 Å². The normalized spacial score (nSPS) is 29.9. The van der Waals surface area contributed by atoms with E-state index in [9.17, 15) is 4.79 Å². The summed E-state index contributed by atoms with van der Waals surface area (Å²) in [5.74, 6) is 0.556. The Balaban J connectivity index is 1.84. The third-order valence-electron chi connectivity index (χ3n) is 4.86. The van der Waals surface area contributed by atoms with Crippen molar-refractivity contribution in [3.8, 4) is 5.75 Å². The summed E-state index contributed by atoms with van der Waals surface area (Å²) in [6.45, 7) is 0. The van der Waals surface area contributed by atoms with Gasteiger partial charge in [0, 0.05) is 20.3 Å². The zero-order valence-electron chi connectivity index (χ0n) is 14.0. The number of anilines is 1. The van der Waals surface area contributed by atoms with Crippen molar-refractivity contribution in [1.29, 1.82) is 0 Å². The van der Waals surface area contributed by atoms with Gasteiger partial charge in [-0.15, -0.1) is 0 Å². The second kappa shape index (κ2) is 7.04. The molecular formula is C17H22N2O4S. The number of amides is 1. The van der Waals surface area contributed by atoms with E-state index < -0.39 is 0 Å². The molecule has 3 rings (SSSR count). The molecule has 7 heteroatoms. The summed E-state index contributed by atoms with van der Waals surface area (Å²) in [4.78, 5) is 14.6. The Labute approximate surface area is 147 Å². The lowest BCUT2D eigenvalue weighted by atomic mass is 9.79. The van der Waals surface area contributed by atoms with Gasteiger partial charge in [-0.2, -0.15) is 0 Å². The first-order valence-electron chi connectivity index (χ1n) is 7.93. The van der Waals surface area contributed by atoms with Crippen LogP contribution in [-0.2, 0) is 14.3 Å². The lowest BCUT2D eigenvalue weighted by molar-refractivity contribution is -0.131. The van der Waals surface area contributed by atoms with Crippen LogP contribution in [0.1, 0.15) is 12.8 Å². The Bertz CT molecular complexity index is 622. The van der Waals surface area contributed by atoms with Gasteiger partial charge in [-0.05, 0) is 49.3 Å². The van der Waals surface area contributed by atoms with E-state index in [4.69, 9.17) is 26.4 Å². The van der Waals surface area contributed by atoms with E-state index in [1.807, 2.05) is 24.3 Å². The molecule has 1 aromatic rings. The molecule has 6 nitrogen and oxygen atoms in total. The van der Waals surface area contributed by atoms with E-state index in [0.717, 1.165) is 11.4 Å². The SMILES string of the molecule is COc1ccc(N2C(=O)C3CC(OC)C(OC)CC3NC2=S)cc1. The molecule has 1 saturated carbocycles. The molecule has 1 amide bonds. The molecule has 1 aromatic carbocycles. The van der Waals surface area contributed by atoms with Crippen LogP contribution in [0.15, 0.2) is 24.3 Å². The third-order valence-corrected chi connectivity index (χ3v) is 5.16. The minimum Gasteiger partial charge on any atom is -0.497 e. The second-order valence-electron chi connectivity index (χ2n) is 6.05. The zero-order valence-corrected chi connectivity index (χ0v) is 14.8. The highest BCUT2D eigenvalue weighted by Crippen LogP contribution is 2.34. The maximum Gasteiger partial charge on any atom is 0.238 e. The summed E-state index contributed by atoms with van der Waals surface area (Å²) in [6, 6.07) is 7.28. The molecule has 4 atom stereocenters. The Morgan fingerprint density at radius 2 is 1.71 bits per heavy atom. The van der Waals surface area contributed by atoms with E-state index in [-0.39, 0.29) is 30.1 Å². The number of benzene rings is 1. The highest BCUT2D eigenvalue weighted by molar-refractivity contribution is 7.80. The number of hydrogen-bond donors (Lipinski definition) is 1. The number of nitrogens with zero attached hydrogens (tertiary/aromatic N) is 1. The molecule has 0 radical (unpaired) electrons. The summed E-state index contributed by atoms with van der Waals surface area (Å²) in [5, 5.41) is 3.73. The average Bonchev–Trinajstić information content (AvgIpc) is 2.61.